The second kappa shape index (κ2) is 13.4. The van der Waals surface area contributed by atoms with E-state index in [1.807, 2.05) is 0 Å². The molecular formula is C22H39IN4. The first-order chi connectivity index (χ1) is 12.6. The third-order valence-corrected chi connectivity index (χ3v) is 5.35. The van der Waals surface area contributed by atoms with E-state index in [-0.39, 0.29) is 24.0 Å². The van der Waals surface area contributed by atoms with Gasteiger partial charge in [0.2, 0.25) is 0 Å². The quantitative estimate of drug-likeness (QED) is 0.245. The lowest BCUT2D eigenvalue weighted by molar-refractivity contribution is 0.269. The summed E-state index contributed by atoms with van der Waals surface area (Å²) in [5.41, 5.74) is 1.45. The van der Waals surface area contributed by atoms with Crippen LogP contribution < -0.4 is 5.32 Å². The van der Waals surface area contributed by atoms with Gasteiger partial charge in [-0.3, -0.25) is 4.99 Å². The molecule has 154 valence electrons. The minimum Gasteiger partial charge on any atom is -0.357 e. The van der Waals surface area contributed by atoms with Gasteiger partial charge in [0, 0.05) is 32.2 Å². The second-order valence-electron chi connectivity index (χ2n) is 7.81. The summed E-state index contributed by atoms with van der Waals surface area (Å²) in [4.78, 5) is 9.75. The number of unbranched alkanes of at least 4 members (excludes halogenated alkanes) is 1. The Balaban J connectivity index is 0.00000364. The maximum absolute atomic E-state index is 4.89. The Morgan fingerprint density at radius 1 is 1.26 bits per heavy atom. The van der Waals surface area contributed by atoms with E-state index in [1.54, 1.807) is 0 Å². The van der Waals surface area contributed by atoms with Gasteiger partial charge in [0.05, 0.1) is 0 Å². The zero-order valence-corrected chi connectivity index (χ0v) is 20.0. The molecule has 1 heterocycles. The molecule has 1 aromatic carbocycles. The highest BCUT2D eigenvalue weighted by molar-refractivity contribution is 14.0. The van der Waals surface area contributed by atoms with Gasteiger partial charge in [-0.15, -0.1) is 24.0 Å². The molecule has 27 heavy (non-hydrogen) atoms. The molecule has 2 rings (SSSR count). The van der Waals surface area contributed by atoms with E-state index < -0.39 is 0 Å². The number of halogens is 1. The Bertz CT molecular complexity index is 532. The van der Waals surface area contributed by atoms with Crippen molar-refractivity contribution < 1.29 is 0 Å². The first kappa shape index (κ1) is 24.2. The molecule has 4 nitrogen and oxygen atoms in total. The van der Waals surface area contributed by atoms with Gasteiger partial charge in [-0.1, -0.05) is 30.3 Å². The Morgan fingerprint density at radius 2 is 2.00 bits per heavy atom. The van der Waals surface area contributed by atoms with Crippen molar-refractivity contribution in [1.82, 2.24) is 15.1 Å². The molecular weight excluding hydrogens is 447 g/mol. The van der Waals surface area contributed by atoms with E-state index in [0.29, 0.717) is 6.04 Å². The minimum absolute atomic E-state index is 0. The van der Waals surface area contributed by atoms with Crippen molar-refractivity contribution in [2.24, 2.45) is 10.9 Å². The number of nitrogens with zero attached hydrogens (tertiary/aromatic N) is 3. The van der Waals surface area contributed by atoms with Gasteiger partial charge in [0.15, 0.2) is 5.96 Å². The van der Waals surface area contributed by atoms with E-state index in [0.717, 1.165) is 51.0 Å². The molecule has 0 bridgehead atoms. The van der Waals surface area contributed by atoms with E-state index in [4.69, 9.17) is 4.99 Å². The maximum atomic E-state index is 4.89. The van der Waals surface area contributed by atoms with Gasteiger partial charge in [0.25, 0.3) is 0 Å². The summed E-state index contributed by atoms with van der Waals surface area (Å²) in [5, 5.41) is 3.49. The molecule has 0 aromatic heterocycles. The zero-order valence-electron chi connectivity index (χ0n) is 17.7. The zero-order chi connectivity index (χ0) is 18.8. The smallest absolute Gasteiger partial charge is 0.193 e. The lowest BCUT2D eigenvalue weighted by Crippen LogP contribution is -2.40. The molecule has 0 radical (unpaired) electrons. The molecule has 0 spiro atoms. The summed E-state index contributed by atoms with van der Waals surface area (Å²) in [5.74, 6) is 1.85. The Kier molecular flexibility index (Phi) is 12.0. The van der Waals surface area contributed by atoms with Crippen molar-refractivity contribution in [2.45, 2.75) is 52.5 Å². The van der Waals surface area contributed by atoms with Crippen molar-refractivity contribution in [3.8, 4) is 0 Å². The highest BCUT2D eigenvalue weighted by Gasteiger charge is 2.24. The lowest BCUT2D eigenvalue weighted by Gasteiger charge is -2.22. The number of guanidine groups is 1. The summed E-state index contributed by atoms with van der Waals surface area (Å²) in [6.45, 7) is 11.9. The third kappa shape index (κ3) is 8.81. The Hall–Kier alpha value is -0.820. The fraction of sp³-hybridized carbons (Fsp3) is 0.682. The molecule has 1 fully saturated rings. The van der Waals surface area contributed by atoms with Crippen LogP contribution in [0.1, 0.15) is 45.6 Å². The summed E-state index contributed by atoms with van der Waals surface area (Å²) >= 11 is 0. The average molecular weight is 486 g/mol. The van der Waals surface area contributed by atoms with E-state index >= 15 is 0 Å². The van der Waals surface area contributed by atoms with Crippen molar-refractivity contribution in [2.75, 3.05) is 39.8 Å². The SMILES string of the molecule is CCNC(=NCCCCN(C)C(C)C)N1CCC(Cc2ccccc2)C1.I. The third-order valence-electron chi connectivity index (χ3n) is 5.35. The van der Waals surface area contributed by atoms with Crippen molar-refractivity contribution in [1.29, 1.82) is 0 Å². The van der Waals surface area contributed by atoms with Gasteiger partial charge >= 0.3 is 0 Å². The highest BCUT2D eigenvalue weighted by Crippen LogP contribution is 2.21. The number of hydrogen-bond donors (Lipinski definition) is 1. The van der Waals surface area contributed by atoms with Crippen molar-refractivity contribution in [3.63, 3.8) is 0 Å². The molecule has 1 saturated heterocycles. The summed E-state index contributed by atoms with van der Waals surface area (Å²) in [6.07, 6.45) is 4.82. The number of nitrogens with one attached hydrogen (secondary N) is 1. The fourth-order valence-electron chi connectivity index (χ4n) is 3.48. The number of rotatable bonds is 9. The van der Waals surface area contributed by atoms with E-state index in [2.05, 4.69) is 73.3 Å². The van der Waals surface area contributed by atoms with E-state index in [9.17, 15) is 0 Å². The van der Waals surface area contributed by atoms with Crippen molar-refractivity contribution >= 4 is 29.9 Å². The topological polar surface area (TPSA) is 30.9 Å². The minimum atomic E-state index is 0. The molecule has 5 heteroatoms. The normalized spacial score (nSPS) is 17.5. The van der Waals surface area contributed by atoms with Crippen LogP contribution in [0.25, 0.3) is 0 Å². The maximum Gasteiger partial charge on any atom is 0.193 e. The molecule has 1 aliphatic rings. The standard InChI is InChI=1S/C22H38N4.HI/c1-5-23-22(24-14-9-10-15-25(4)19(2)3)26-16-13-21(18-26)17-20-11-7-6-8-12-20;/h6-8,11-12,19,21H,5,9-10,13-18H2,1-4H3,(H,23,24);1H. The van der Waals surface area contributed by atoms with Crippen LogP contribution in [0, 0.1) is 5.92 Å². The van der Waals surface area contributed by atoms with Crippen LogP contribution >= 0.6 is 24.0 Å². The number of aliphatic imine (C=N–C) groups is 1. The number of hydrogen-bond acceptors (Lipinski definition) is 2. The first-order valence-electron chi connectivity index (χ1n) is 10.4. The highest BCUT2D eigenvalue weighted by atomic mass is 127. The molecule has 1 aromatic rings. The van der Waals surface area contributed by atoms with Gasteiger partial charge < -0.3 is 15.1 Å². The van der Waals surface area contributed by atoms with Crippen LogP contribution in [0.3, 0.4) is 0 Å². The lowest BCUT2D eigenvalue weighted by atomic mass is 9.99. The average Bonchev–Trinajstić information content (AvgIpc) is 3.09. The monoisotopic (exact) mass is 486 g/mol. The molecule has 0 aliphatic carbocycles. The Morgan fingerprint density at radius 3 is 2.67 bits per heavy atom. The van der Waals surface area contributed by atoms with Crippen LogP contribution in [0.15, 0.2) is 35.3 Å². The van der Waals surface area contributed by atoms with Crippen LogP contribution in [-0.2, 0) is 6.42 Å². The summed E-state index contributed by atoms with van der Waals surface area (Å²) in [7, 11) is 2.20. The van der Waals surface area contributed by atoms with Gasteiger partial charge in [0.1, 0.15) is 0 Å². The van der Waals surface area contributed by atoms with Crippen LogP contribution in [0.5, 0.6) is 0 Å². The first-order valence-corrected chi connectivity index (χ1v) is 10.4. The summed E-state index contributed by atoms with van der Waals surface area (Å²) in [6, 6.07) is 11.5. The van der Waals surface area contributed by atoms with Crippen molar-refractivity contribution in [3.05, 3.63) is 35.9 Å². The van der Waals surface area contributed by atoms with Crippen LogP contribution in [-0.4, -0.2) is 61.6 Å². The molecule has 0 saturated carbocycles. The molecule has 1 aliphatic heterocycles. The van der Waals surface area contributed by atoms with Gasteiger partial charge in [-0.2, -0.15) is 0 Å². The molecule has 0 amide bonds. The summed E-state index contributed by atoms with van der Waals surface area (Å²) < 4.78 is 0. The predicted octanol–water partition coefficient (Wildman–Crippen LogP) is 4.25. The van der Waals surface area contributed by atoms with Gasteiger partial charge in [-0.05, 0) is 71.5 Å². The Labute approximate surface area is 183 Å². The number of benzene rings is 1. The number of likely N-dealkylation sites (tertiary alicyclic amines) is 1. The van der Waals surface area contributed by atoms with E-state index in [1.165, 1.54) is 24.8 Å². The largest absolute Gasteiger partial charge is 0.357 e. The molecule has 1 atom stereocenters. The second-order valence-corrected chi connectivity index (χ2v) is 7.81. The fourth-order valence-corrected chi connectivity index (χ4v) is 3.48. The van der Waals surface area contributed by atoms with Gasteiger partial charge in [-0.25, -0.2) is 0 Å². The van der Waals surface area contributed by atoms with Crippen LogP contribution in [0.4, 0.5) is 0 Å². The molecule has 1 N–H and O–H groups in total. The van der Waals surface area contributed by atoms with Crippen LogP contribution in [0.2, 0.25) is 0 Å². The molecule has 1 unspecified atom stereocenters. The predicted molar refractivity (Wildman–Crippen MR) is 128 cm³/mol.